The Labute approximate surface area is 104 Å². The second-order valence-corrected chi connectivity index (χ2v) is 4.17. The van der Waals surface area contributed by atoms with Crippen molar-refractivity contribution in [1.82, 2.24) is 15.8 Å². The van der Waals surface area contributed by atoms with Crippen LogP contribution in [0, 0.1) is 6.92 Å². The number of hydrogen-bond acceptors (Lipinski definition) is 5. The number of carbonyl (C=O) groups is 2. The zero-order chi connectivity index (χ0) is 13.0. The minimum absolute atomic E-state index is 0.0230. The third-order valence-electron chi connectivity index (χ3n) is 2.59. The number of rotatable bonds is 4. The Bertz CT molecular complexity index is 433. The number of nitrogens with zero attached hydrogens (tertiary/aromatic N) is 1. The van der Waals surface area contributed by atoms with Crippen molar-refractivity contribution in [2.24, 2.45) is 0 Å². The summed E-state index contributed by atoms with van der Waals surface area (Å²) < 4.78 is 9.95. The van der Waals surface area contributed by atoms with Crippen LogP contribution in [0.4, 0.5) is 0 Å². The Morgan fingerprint density at radius 3 is 3.17 bits per heavy atom. The minimum Gasteiger partial charge on any atom is -0.465 e. The summed E-state index contributed by atoms with van der Waals surface area (Å²) in [5.74, 6) is 0.701. The van der Waals surface area contributed by atoms with Gasteiger partial charge in [-0.05, 0) is 18.5 Å². The monoisotopic (exact) mass is 253 g/mol. The molecule has 7 nitrogen and oxygen atoms in total. The van der Waals surface area contributed by atoms with Crippen molar-refractivity contribution in [1.29, 1.82) is 0 Å². The highest BCUT2D eigenvalue weighted by Crippen LogP contribution is 2.09. The molecule has 2 rings (SSSR count). The number of piperidine rings is 1. The van der Waals surface area contributed by atoms with Crippen molar-refractivity contribution in [2.75, 3.05) is 13.2 Å². The lowest BCUT2D eigenvalue weighted by Crippen LogP contribution is -2.48. The summed E-state index contributed by atoms with van der Waals surface area (Å²) in [4.78, 5) is 22.5. The fourth-order valence-corrected chi connectivity index (χ4v) is 1.68. The van der Waals surface area contributed by atoms with Crippen molar-refractivity contribution in [3.63, 3.8) is 0 Å². The molecule has 1 aromatic heterocycles. The van der Waals surface area contributed by atoms with Gasteiger partial charge in [0.15, 0.2) is 6.61 Å². The van der Waals surface area contributed by atoms with Crippen LogP contribution in [0.25, 0.3) is 0 Å². The Kier molecular flexibility index (Phi) is 3.81. The fraction of sp³-hybridized carbons (Fsp3) is 0.545. The first kappa shape index (κ1) is 12.4. The molecule has 1 aromatic rings. The Morgan fingerprint density at radius 1 is 1.72 bits per heavy atom. The molecule has 0 saturated carbocycles. The molecule has 1 atom stereocenters. The number of nitrogens with one attached hydrogen (secondary N) is 2. The predicted molar refractivity (Wildman–Crippen MR) is 60.9 cm³/mol. The van der Waals surface area contributed by atoms with E-state index in [1.807, 2.05) is 0 Å². The molecule has 2 amide bonds. The SMILES string of the molecule is Cc1cc(OCC(=O)NC2CCC(=O)NC2)no1. The lowest BCUT2D eigenvalue weighted by atomic mass is 10.1. The summed E-state index contributed by atoms with van der Waals surface area (Å²) in [6, 6.07) is 1.58. The van der Waals surface area contributed by atoms with E-state index in [0.29, 0.717) is 31.0 Å². The highest BCUT2D eigenvalue weighted by atomic mass is 16.5. The highest BCUT2D eigenvalue weighted by Gasteiger charge is 2.19. The molecule has 7 heteroatoms. The highest BCUT2D eigenvalue weighted by molar-refractivity contribution is 5.79. The maximum atomic E-state index is 11.6. The molecule has 0 aromatic carbocycles. The summed E-state index contributed by atoms with van der Waals surface area (Å²) in [7, 11) is 0. The molecule has 1 unspecified atom stereocenters. The van der Waals surface area contributed by atoms with Crippen molar-refractivity contribution < 1.29 is 18.8 Å². The van der Waals surface area contributed by atoms with Crippen LogP contribution in [0.1, 0.15) is 18.6 Å². The van der Waals surface area contributed by atoms with Crippen LogP contribution in [0.5, 0.6) is 5.88 Å². The van der Waals surface area contributed by atoms with Gasteiger partial charge in [0.1, 0.15) is 5.76 Å². The normalized spacial score (nSPS) is 19.2. The van der Waals surface area contributed by atoms with Crippen LogP contribution < -0.4 is 15.4 Å². The minimum atomic E-state index is -0.239. The molecule has 2 heterocycles. The van der Waals surface area contributed by atoms with Crippen LogP contribution in [0.15, 0.2) is 10.6 Å². The molecule has 1 aliphatic heterocycles. The smallest absolute Gasteiger partial charge is 0.258 e. The number of aryl methyl sites for hydroxylation is 1. The molecule has 0 spiro atoms. The van der Waals surface area contributed by atoms with Crippen LogP contribution in [0.2, 0.25) is 0 Å². The zero-order valence-corrected chi connectivity index (χ0v) is 10.1. The molecule has 18 heavy (non-hydrogen) atoms. The molecule has 98 valence electrons. The summed E-state index contributed by atoms with van der Waals surface area (Å²) in [6.45, 7) is 2.09. The summed E-state index contributed by atoms with van der Waals surface area (Å²) in [6.07, 6.45) is 1.09. The Hall–Kier alpha value is -2.05. The van der Waals surface area contributed by atoms with Gasteiger partial charge in [0.25, 0.3) is 11.8 Å². The van der Waals surface area contributed by atoms with Gasteiger partial charge in [-0.1, -0.05) is 0 Å². The third kappa shape index (κ3) is 3.47. The Morgan fingerprint density at radius 2 is 2.56 bits per heavy atom. The second kappa shape index (κ2) is 5.52. The Balaban J connectivity index is 1.70. The van der Waals surface area contributed by atoms with Crippen LogP contribution in [-0.2, 0) is 9.59 Å². The standard InChI is InChI=1S/C11H15N3O4/c1-7-4-11(14-18-7)17-6-10(16)13-8-2-3-9(15)12-5-8/h4,8H,2-3,5-6H2,1H3,(H,12,15)(H,13,16). The van der Waals surface area contributed by atoms with E-state index in [4.69, 9.17) is 9.26 Å². The van der Waals surface area contributed by atoms with E-state index in [1.54, 1.807) is 13.0 Å². The lowest BCUT2D eigenvalue weighted by Gasteiger charge is -2.23. The fourth-order valence-electron chi connectivity index (χ4n) is 1.68. The molecule has 1 aliphatic rings. The maximum absolute atomic E-state index is 11.6. The molecule has 1 saturated heterocycles. The quantitative estimate of drug-likeness (QED) is 0.772. The van der Waals surface area contributed by atoms with Gasteiger partial charge in [-0.25, -0.2) is 0 Å². The van der Waals surface area contributed by atoms with Gasteiger partial charge in [0, 0.05) is 25.1 Å². The van der Waals surface area contributed by atoms with E-state index in [9.17, 15) is 9.59 Å². The van der Waals surface area contributed by atoms with Gasteiger partial charge in [-0.3, -0.25) is 9.59 Å². The van der Waals surface area contributed by atoms with Crippen LogP contribution >= 0.6 is 0 Å². The number of ether oxygens (including phenoxy) is 1. The first-order valence-electron chi connectivity index (χ1n) is 5.75. The second-order valence-electron chi connectivity index (χ2n) is 4.17. The average Bonchev–Trinajstić information content (AvgIpc) is 2.76. The zero-order valence-electron chi connectivity index (χ0n) is 10.1. The first-order valence-corrected chi connectivity index (χ1v) is 5.75. The summed E-state index contributed by atoms with van der Waals surface area (Å²) in [5.41, 5.74) is 0. The average molecular weight is 253 g/mol. The van der Waals surface area contributed by atoms with Crippen molar-refractivity contribution in [3.05, 3.63) is 11.8 Å². The number of aromatic nitrogens is 1. The van der Waals surface area contributed by atoms with E-state index in [-0.39, 0.29) is 24.5 Å². The van der Waals surface area contributed by atoms with Crippen molar-refractivity contribution in [2.45, 2.75) is 25.8 Å². The number of carbonyl (C=O) groups excluding carboxylic acids is 2. The van der Waals surface area contributed by atoms with E-state index in [0.717, 1.165) is 0 Å². The number of amides is 2. The molecular weight excluding hydrogens is 238 g/mol. The first-order chi connectivity index (χ1) is 8.63. The van der Waals surface area contributed by atoms with Gasteiger partial charge in [0.2, 0.25) is 5.91 Å². The lowest BCUT2D eigenvalue weighted by molar-refractivity contribution is -0.126. The molecule has 1 fully saturated rings. The van der Waals surface area contributed by atoms with Gasteiger partial charge in [-0.15, -0.1) is 0 Å². The summed E-state index contributed by atoms with van der Waals surface area (Å²) >= 11 is 0. The molecule has 2 N–H and O–H groups in total. The predicted octanol–water partition coefficient (Wildman–Crippen LogP) is -0.243. The van der Waals surface area contributed by atoms with Gasteiger partial charge in [-0.2, -0.15) is 0 Å². The van der Waals surface area contributed by atoms with Crippen molar-refractivity contribution in [3.8, 4) is 5.88 Å². The molecular formula is C11H15N3O4. The largest absolute Gasteiger partial charge is 0.465 e. The third-order valence-corrected chi connectivity index (χ3v) is 2.59. The topological polar surface area (TPSA) is 93.5 Å². The van der Waals surface area contributed by atoms with E-state index in [2.05, 4.69) is 15.8 Å². The van der Waals surface area contributed by atoms with Gasteiger partial charge >= 0.3 is 0 Å². The van der Waals surface area contributed by atoms with E-state index >= 15 is 0 Å². The molecule has 0 aliphatic carbocycles. The molecule has 0 radical (unpaired) electrons. The van der Waals surface area contributed by atoms with E-state index in [1.165, 1.54) is 0 Å². The number of hydrogen-bond donors (Lipinski definition) is 2. The van der Waals surface area contributed by atoms with Crippen LogP contribution in [0.3, 0.4) is 0 Å². The van der Waals surface area contributed by atoms with Crippen molar-refractivity contribution >= 4 is 11.8 Å². The van der Waals surface area contributed by atoms with Gasteiger partial charge in [0.05, 0.1) is 0 Å². The molecule has 0 bridgehead atoms. The van der Waals surface area contributed by atoms with E-state index < -0.39 is 0 Å². The summed E-state index contributed by atoms with van der Waals surface area (Å²) in [5, 5.41) is 9.08. The van der Waals surface area contributed by atoms with Gasteiger partial charge < -0.3 is 19.9 Å². The van der Waals surface area contributed by atoms with Crippen LogP contribution in [-0.4, -0.2) is 36.2 Å². The maximum Gasteiger partial charge on any atom is 0.258 e.